The van der Waals surface area contributed by atoms with Gasteiger partial charge in [-0.3, -0.25) is 0 Å². The molecule has 0 spiro atoms. The molecule has 0 saturated heterocycles. The molecule has 3 rings (SSSR count). The molecule has 0 bridgehead atoms. The summed E-state index contributed by atoms with van der Waals surface area (Å²) < 4.78 is 27.7. The maximum atomic E-state index is 13.8. The van der Waals surface area contributed by atoms with Crippen LogP contribution in [0, 0.1) is 5.41 Å². The Kier molecular flexibility index (Phi) is 7.87. The molecule has 31 heavy (non-hydrogen) atoms. The molecule has 0 heterocycles. The normalized spacial score (nSPS) is 18.1. The highest BCUT2D eigenvalue weighted by Crippen LogP contribution is 2.46. The summed E-state index contributed by atoms with van der Waals surface area (Å²) in [6, 6.07) is 19.3. The summed E-state index contributed by atoms with van der Waals surface area (Å²) in [6.07, 6.45) is 5.89. The zero-order chi connectivity index (χ0) is 22.5. The van der Waals surface area contributed by atoms with E-state index in [-0.39, 0.29) is 5.41 Å². The molecule has 0 saturated carbocycles. The summed E-state index contributed by atoms with van der Waals surface area (Å²) in [5, 5.41) is -0.511. The fraction of sp³-hybridized carbons (Fsp3) is 0.407. The third kappa shape index (κ3) is 5.93. The molecule has 1 atom stereocenters. The first-order valence-electron chi connectivity index (χ1n) is 11.0. The molecule has 0 aliphatic heterocycles. The van der Waals surface area contributed by atoms with Crippen LogP contribution in [-0.4, -0.2) is 19.4 Å². The average molecular weight is 455 g/mol. The summed E-state index contributed by atoms with van der Waals surface area (Å²) in [4.78, 5) is 1.65. The van der Waals surface area contributed by atoms with E-state index in [2.05, 4.69) is 45.9 Å². The molecule has 0 radical (unpaired) electrons. The molecule has 0 N–H and O–H groups in total. The summed E-state index contributed by atoms with van der Waals surface area (Å²) in [5.41, 5.74) is 3.42. The van der Waals surface area contributed by atoms with Gasteiger partial charge in [0.2, 0.25) is 0 Å². The van der Waals surface area contributed by atoms with Crippen molar-refractivity contribution in [2.45, 2.75) is 68.4 Å². The van der Waals surface area contributed by atoms with Gasteiger partial charge in [-0.25, -0.2) is 8.42 Å². The molecule has 2 aromatic carbocycles. The Labute approximate surface area is 192 Å². The predicted octanol–water partition coefficient (Wildman–Crippen LogP) is 7.48. The molecule has 0 fully saturated rings. The third-order valence-corrected chi connectivity index (χ3v) is 9.26. The molecule has 4 heteroatoms. The number of allylic oxidation sites excluding steroid dienone is 2. The highest BCUT2D eigenvalue weighted by Gasteiger charge is 2.40. The number of thioether (sulfide) groups is 1. The summed E-state index contributed by atoms with van der Waals surface area (Å²) >= 11 is 1.78. The lowest BCUT2D eigenvalue weighted by Gasteiger charge is -2.39. The van der Waals surface area contributed by atoms with Crippen molar-refractivity contribution in [3.63, 3.8) is 0 Å². The van der Waals surface area contributed by atoms with E-state index in [1.54, 1.807) is 23.9 Å². The van der Waals surface area contributed by atoms with Crippen molar-refractivity contribution in [1.29, 1.82) is 0 Å². The molecule has 0 amide bonds. The minimum Gasteiger partial charge on any atom is -0.223 e. The van der Waals surface area contributed by atoms with Crippen LogP contribution in [0.15, 0.2) is 93.2 Å². The maximum Gasteiger partial charge on any atom is 0.185 e. The molecule has 2 nitrogen and oxygen atoms in total. The van der Waals surface area contributed by atoms with Crippen molar-refractivity contribution in [2.75, 3.05) is 5.75 Å². The van der Waals surface area contributed by atoms with Gasteiger partial charge in [-0.05, 0) is 74.8 Å². The Morgan fingerprint density at radius 3 is 2.29 bits per heavy atom. The van der Waals surface area contributed by atoms with Gasteiger partial charge in [-0.2, -0.15) is 0 Å². The van der Waals surface area contributed by atoms with Crippen molar-refractivity contribution in [3.8, 4) is 0 Å². The third-order valence-electron chi connectivity index (χ3n) is 6.24. The van der Waals surface area contributed by atoms with E-state index in [1.807, 2.05) is 36.4 Å². The Morgan fingerprint density at radius 2 is 1.68 bits per heavy atom. The molecule has 1 unspecified atom stereocenters. The van der Waals surface area contributed by atoms with Crippen molar-refractivity contribution in [3.05, 3.63) is 83.5 Å². The van der Waals surface area contributed by atoms with E-state index in [0.29, 0.717) is 11.3 Å². The van der Waals surface area contributed by atoms with Crippen LogP contribution >= 0.6 is 11.8 Å². The van der Waals surface area contributed by atoms with E-state index in [1.165, 1.54) is 10.5 Å². The monoisotopic (exact) mass is 454 g/mol. The topological polar surface area (TPSA) is 34.1 Å². The van der Waals surface area contributed by atoms with Crippen LogP contribution in [0.4, 0.5) is 0 Å². The number of hydrogen-bond donors (Lipinski definition) is 0. The first kappa shape index (κ1) is 23.9. The molecular weight excluding hydrogens is 420 g/mol. The first-order valence-corrected chi connectivity index (χ1v) is 13.6. The van der Waals surface area contributed by atoms with Crippen LogP contribution in [0.2, 0.25) is 0 Å². The van der Waals surface area contributed by atoms with Crippen LogP contribution in [-0.2, 0) is 9.84 Å². The average Bonchev–Trinajstić information content (AvgIpc) is 2.74. The Morgan fingerprint density at radius 1 is 1.06 bits per heavy atom. The van der Waals surface area contributed by atoms with Crippen molar-refractivity contribution < 1.29 is 8.42 Å². The van der Waals surface area contributed by atoms with E-state index in [9.17, 15) is 8.42 Å². The second kappa shape index (κ2) is 10.2. The van der Waals surface area contributed by atoms with Gasteiger partial charge in [-0.1, -0.05) is 67.5 Å². The lowest BCUT2D eigenvalue weighted by atomic mass is 9.71. The Bertz CT molecular complexity index is 1030. The van der Waals surface area contributed by atoms with Crippen LogP contribution < -0.4 is 0 Å². The maximum absolute atomic E-state index is 13.8. The summed E-state index contributed by atoms with van der Waals surface area (Å²) in [6.45, 7) is 8.63. The van der Waals surface area contributed by atoms with Crippen LogP contribution in [0.1, 0.15) is 53.4 Å². The fourth-order valence-corrected chi connectivity index (χ4v) is 7.75. The first-order chi connectivity index (χ1) is 14.7. The number of hydrogen-bond acceptors (Lipinski definition) is 3. The van der Waals surface area contributed by atoms with Gasteiger partial charge in [-0.15, -0.1) is 11.8 Å². The molecule has 1 aliphatic rings. The number of benzene rings is 2. The van der Waals surface area contributed by atoms with Gasteiger partial charge < -0.3 is 0 Å². The number of sulfone groups is 1. The van der Waals surface area contributed by atoms with E-state index in [0.717, 1.165) is 36.2 Å². The summed E-state index contributed by atoms with van der Waals surface area (Å²) in [5.74, 6) is 0.843. The van der Waals surface area contributed by atoms with Gasteiger partial charge >= 0.3 is 0 Å². The molecule has 0 aromatic heterocycles. The minimum absolute atomic E-state index is 0.103. The zero-order valence-electron chi connectivity index (χ0n) is 19.1. The van der Waals surface area contributed by atoms with Crippen molar-refractivity contribution in [2.24, 2.45) is 5.41 Å². The smallest absolute Gasteiger partial charge is 0.185 e. The minimum atomic E-state index is -3.48. The largest absolute Gasteiger partial charge is 0.223 e. The van der Waals surface area contributed by atoms with E-state index in [4.69, 9.17) is 0 Å². The van der Waals surface area contributed by atoms with Crippen LogP contribution in [0.5, 0.6) is 0 Å². The highest BCUT2D eigenvalue weighted by atomic mass is 32.2. The predicted molar refractivity (Wildman–Crippen MR) is 133 cm³/mol. The fourth-order valence-electron chi connectivity index (χ4n) is 4.67. The van der Waals surface area contributed by atoms with Gasteiger partial charge in [0, 0.05) is 10.6 Å². The van der Waals surface area contributed by atoms with Gasteiger partial charge in [0.05, 0.1) is 10.1 Å². The second-order valence-corrected chi connectivity index (χ2v) is 12.4. The molecule has 1 aliphatic carbocycles. The molecule has 2 aromatic rings. The van der Waals surface area contributed by atoms with Crippen molar-refractivity contribution in [1.82, 2.24) is 0 Å². The zero-order valence-corrected chi connectivity index (χ0v) is 20.7. The van der Waals surface area contributed by atoms with Gasteiger partial charge in [0.1, 0.15) is 0 Å². The highest BCUT2D eigenvalue weighted by molar-refractivity contribution is 7.99. The molecule has 166 valence electrons. The SMILES string of the molecule is CC1=C(C(C/C(C)=C/CSc2ccccc2)S(=O)(=O)c2ccccc2)C(C)(C)CCC1. The lowest BCUT2D eigenvalue weighted by Crippen LogP contribution is -2.34. The Balaban J connectivity index is 1.92. The van der Waals surface area contributed by atoms with Crippen LogP contribution in [0.3, 0.4) is 0 Å². The number of rotatable bonds is 8. The quantitative estimate of drug-likeness (QED) is 0.306. The van der Waals surface area contributed by atoms with Gasteiger partial charge in [0.25, 0.3) is 0 Å². The van der Waals surface area contributed by atoms with Gasteiger partial charge in [0.15, 0.2) is 9.84 Å². The van der Waals surface area contributed by atoms with E-state index < -0.39 is 15.1 Å². The van der Waals surface area contributed by atoms with Crippen LogP contribution in [0.25, 0.3) is 0 Å². The lowest BCUT2D eigenvalue weighted by molar-refractivity contribution is 0.353. The standard InChI is InChI=1S/C27H34O2S2/c1-21(17-19-30-23-13-7-5-8-14-23)20-25(26-22(2)12-11-18-27(26,3)4)31(28,29)24-15-9-6-10-16-24/h5-10,13-17,25H,11-12,18-20H2,1-4H3/b21-17+. The second-order valence-electron chi connectivity index (χ2n) is 9.16. The molecular formula is C27H34O2S2. The Hall–Kier alpha value is -1.78. The summed E-state index contributed by atoms with van der Waals surface area (Å²) in [7, 11) is -3.48. The van der Waals surface area contributed by atoms with Crippen molar-refractivity contribution >= 4 is 21.6 Å². The van der Waals surface area contributed by atoms with E-state index >= 15 is 0 Å².